The van der Waals surface area contributed by atoms with Crippen LogP contribution in [-0.4, -0.2) is 28.2 Å². The van der Waals surface area contributed by atoms with Crippen molar-refractivity contribution < 1.29 is 4.74 Å². The Hall–Kier alpha value is -1.36. The molecule has 1 aromatic heterocycles. The van der Waals surface area contributed by atoms with Crippen molar-refractivity contribution in [1.82, 2.24) is 9.55 Å². The summed E-state index contributed by atoms with van der Waals surface area (Å²) in [6.07, 6.45) is 2.40. The van der Waals surface area contributed by atoms with Gasteiger partial charge in [-0.15, -0.1) is 0 Å². The minimum absolute atomic E-state index is 0.0125. The first-order chi connectivity index (χ1) is 9.28. The van der Waals surface area contributed by atoms with Crippen LogP contribution in [0.4, 0.5) is 0 Å². The summed E-state index contributed by atoms with van der Waals surface area (Å²) in [6.45, 7) is 0.812. The minimum atomic E-state index is -0.0125. The molecule has 0 radical (unpaired) electrons. The van der Waals surface area contributed by atoms with Gasteiger partial charge in [-0.1, -0.05) is 0 Å². The van der Waals surface area contributed by atoms with Gasteiger partial charge in [-0.3, -0.25) is 4.57 Å². The van der Waals surface area contributed by atoms with Crippen molar-refractivity contribution in [1.29, 1.82) is 0 Å². The van der Waals surface area contributed by atoms with Gasteiger partial charge in [0.05, 0.1) is 18.1 Å². The molecule has 5 heteroatoms. The van der Waals surface area contributed by atoms with E-state index in [-0.39, 0.29) is 5.69 Å². The van der Waals surface area contributed by atoms with Crippen LogP contribution < -0.4 is 10.4 Å². The normalized spacial score (nSPS) is 16.9. The SMILES string of the molecule is COc1ccc2[nH]c(=O)n(CC3CCSCC3)c2c1. The van der Waals surface area contributed by atoms with E-state index in [9.17, 15) is 4.79 Å². The Labute approximate surface area is 116 Å². The highest BCUT2D eigenvalue weighted by molar-refractivity contribution is 7.99. The van der Waals surface area contributed by atoms with Crippen molar-refractivity contribution in [3.63, 3.8) is 0 Å². The molecular formula is C14H18N2O2S. The Bertz CT molecular complexity index is 626. The Balaban J connectivity index is 1.96. The van der Waals surface area contributed by atoms with E-state index in [2.05, 4.69) is 4.98 Å². The van der Waals surface area contributed by atoms with Gasteiger partial charge in [-0.05, 0) is 42.4 Å². The predicted octanol–water partition coefficient (Wildman–Crippen LogP) is 2.48. The Kier molecular flexibility index (Phi) is 3.55. The van der Waals surface area contributed by atoms with E-state index < -0.39 is 0 Å². The lowest BCUT2D eigenvalue weighted by Crippen LogP contribution is -2.24. The van der Waals surface area contributed by atoms with Gasteiger partial charge in [0.25, 0.3) is 0 Å². The van der Waals surface area contributed by atoms with E-state index >= 15 is 0 Å². The van der Waals surface area contributed by atoms with Crippen LogP contribution in [0.3, 0.4) is 0 Å². The number of nitrogens with one attached hydrogen (secondary N) is 1. The van der Waals surface area contributed by atoms with Crippen molar-refractivity contribution in [3.05, 3.63) is 28.7 Å². The summed E-state index contributed by atoms with van der Waals surface area (Å²) >= 11 is 2.01. The first kappa shape index (κ1) is 12.7. The predicted molar refractivity (Wildman–Crippen MR) is 79.2 cm³/mol. The molecule has 1 aliphatic rings. The summed E-state index contributed by atoms with van der Waals surface area (Å²) in [6, 6.07) is 5.72. The number of nitrogens with zero attached hydrogens (tertiary/aromatic N) is 1. The smallest absolute Gasteiger partial charge is 0.326 e. The number of hydrogen-bond donors (Lipinski definition) is 1. The molecule has 0 bridgehead atoms. The standard InChI is InChI=1S/C14H18N2O2S/c1-18-11-2-3-12-13(8-11)16(14(17)15-12)9-10-4-6-19-7-5-10/h2-3,8,10H,4-7,9H2,1H3,(H,15,17). The molecule has 0 spiro atoms. The first-order valence-electron chi connectivity index (χ1n) is 6.62. The summed E-state index contributed by atoms with van der Waals surface area (Å²) in [5.74, 6) is 3.83. The van der Waals surface area contributed by atoms with Gasteiger partial charge in [0.1, 0.15) is 5.75 Å². The van der Waals surface area contributed by atoms with Crippen LogP contribution in [0.15, 0.2) is 23.0 Å². The maximum Gasteiger partial charge on any atom is 0.326 e. The van der Waals surface area contributed by atoms with Gasteiger partial charge >= 0.3 is 5.69 Å². The molecule has 0 amide bonds. The topological polar surface area (TPSA) is 47.0 Å². The molecule has 102 valence electrons. The molecule has 19 heavy (non-hydrogen) atoms. The highest BCUT2D eigenvalue weighted by Gasteiger charge is 2.17. The molecule has 1 fully saturated rings. The van der Waals surface area contributed by atoms with Crippen LogP contribution in [0.1, 0.15) is 12.8 Å². The summed E-state index contributed by atoms with van der Waals surface area (Å²) in [4.78, 5) is 15.0. The van der Waals surface area contributed by atoms with E-state index in [0.29, 0.717) is 5.92 Å². The largest absolute Gasteiger partial charge is 0.497 e. The second-order valence-electron chi connectivity index (χ2n) is 4.98. The summed E-state index contributed by atoms with van der Waals surface area (Å²) in [5.41, 5.74) is 1.82. The Morgan fingerprint density at radius 3 is 2.95 bits per heavy atom. The van der Waals surface area contributed by atoms with Gasteiger partial charge in [-0.25, -0.2) is 4.79 Å². The van der Waals surface area contributed by atoms with Crippen LogP contribution in [0, 0.1) is 5.92 Å². The van der Waals surface area contributed by atoms with E-state index in [1.54, 1.807) is 7.11 Å². The highest BCUT2D eigenvalue weighted by Crippen LogP contribution is 2.25. The lowest BCUT2D eigenvalue weighted by atomic mass is 10.0. The summed E-state index contributed by atoms with van der Waals surface area (Å²) < 4.78 is 7.10. The average Bonchev–Trinajstić information content (AvgIpc) is 2.76. The number of ether oxygens (including phenoxy) is 1. The van der Waals surface area contributed by atoms with Crippen LogP contribution in [0.25, 0.3) is 11.0 Å². The number of aromatic amines is 1. The van der Waals surface area contributed by atoms with Crippen molar-refractivity contribution in [2.75, 3.05) is 18.6 Å². The number of methoxy groups -OCH3 is 1. The van der Waals surface area contributed by atoms with Crippen LogP contribution >= 0.6 is 11.8 Å². The third-order valence-electron chi connectivity index (χ3n) is 3.76. The van der Waals surface area contributed by atoms with Crippen molar-refractivity contribution in [3.8, 4) is 5.75 Å². The van der Waals surface area contributed by atoms with Gasteiger partial charge in [-0.2, -0.15) is 11.8 Å². The van der Waals surface area contributed by atoms with E-state index in [4.69, 9.17) is 4.74 Å². The zero-order chi connectivity index (χ0) is 13.2. The molecule has 3 rings (SSSR count). The van der Waals surface area contributed by atoms with Gasteiger partial charge in [0, 0.05) is 12.6 Å². The molecule has 0 atom stereocenters. The molecule has 2 aromatic rings. The fourth-order valence-electron chi connectivity index (χ4n) is 2.63. The zero-order valence-corrected chi connectivity index (χ0v) is 11.8. The second-order valence-corrected chi connectivity index (χ2v) is 6.20. The van der Waals surface area contributed by atoms with Crippen LogP contribution in [0.5, 0.6) is 5.75 Å². The second kappa shape index (κ2) is 5.33. The van der Waals surface area contributed by atoms with E-state index in [0.717, 1.165) is 23.3 Å². The number of aromatic nitrogens is 2. The number of H-pyrrole nitrogens is 1. The summed E-state index contributed by atoms with van der Waals surface area (Å²) in [5, 5.41) is 0. The molecular weight excluding hydrogens is 260 g/mol. The van der Waals surface area contributed by atoms with Crippen LogP contribution in [-0.2, 0) is 6.54 Å². The highest BCUT2D eigenvalue weighted by atomic mass is 32.2. The number of rotatable bonds is 3. The maximum atomic E-state index is 12.1. The van der Waals surface area contributed by atoms with E-state index in [1.807, 2.05) is 34.5 Å². The number of imidazole rings is 1. The number of hydrogen-bond acceptors (Lipinski definition) is 3. The fraction of sp³-hybridized carbons (Fsp3) is 0.500. The van der Waals surface area contributed by atoms with Gasteiger partial charge < -0.3 is 9.72 Å². The molecule has 0 aliphatic carbocycles. The Morgan fingerprint density at radius 2 is 2.21 bits per heavy atom. The first-order valence-corrected chi connectivity index (χ1v) is 7.77. The van der Waals surface area contributed by atoms with Gasteiger partial charge in [0.15, 0.2) is 0 Å². The fourth-order valence-corrected chi connectivity index (χ4v) is 3.83. The van der Waals surface area contributed by atoms with Crippen molar-refractivity contribution in [2.24, 2.45) is 5.92 Å². The van der Waals surface area contributed by atoms with E-state index in [1.165, 1.54) is 24.3 Å². The monoisotopic (exact) mass is 278 g/mol. The lowest BCUT2D eigenvalue weighted by molar-refractivity contribution is 0.411. The molecule has 1 saturated heterocycles. The zero-order valence-electron chi connectivity index (χ0n) is 11.0. The Morgan fingerprint density at radius 1 is 1.42 bits per heavy atom. The molecule has 4 nitrogen and oxygen atoms in total. The van der Waals surface area contributed by atoms with Crippen LogP contribution in [0.2, 0.25) is 0 Å². The number of thioether (sulfide) groups is 1. The molecule has 1 N–H and O–H groups in total. The molecule has 1 aliphatic heterocycles. The number of fused-ring (bicyclic) bond motifs is 1. The van der Waals surface area contributed by atoms with Crippen molar-refractivity contribution >= 4 is 22.8 Å². The molecule has 2 heterocycles. The average molecular weight is 278 g/mol. The maximum absolute atomic E-state index is 12.1. The molecule has 0 saturated carbocycles. The minimum Gasteiger partial charge on any atom is -0.497 e. The third-order valence-corrected chi connectivity index (χ3v) is 4.81. The number of benzene rings is 1. The third kappa shape index (κ3) is 2.52. The quantitative estimate of drug-likeness (QED) is 0.938. The molecule has 1 aromatic carbocycles. The van der Waals surface area contributed by atoms with Crippen molar-refractivity contribution in [2.45, 2.75) is 19.4 Å². The molecule has 0 unspecified atom stereocenters. The lowest BCUT2D eigenvalue weighted by Gasteiger charge is -2.21. The van der Waals surface area contributed by atoms with Gasteiger partial charge in [0.2, 0.25) is 0 Å². The summed E-state index contributed by atoms with van der Waals surface area (Å²) in [7, 11) is 1.65.